The van der Waals surface area contributed by atoms with Gasteiger partial charge in [0.15, 0.2) is 0 Å². The van der Waals surface area contributed by atoms with E-state index < -0.39 is 17.6 Å². The molecule has 9 nitrogen and oxygen atoms in total. The molecule has 3 amide bonds. The average Bonchev–Trinajstić information content (AvgIpc) is 3.18. The molecule has 3 fully saturated rings. The summed E-state index contributed by atoms with van der Waals surface area (Å²) in [6.07, 6.45) is 6.28. The number of benzene rings is 1. The molecule has 0 radical (unpaired) electrons. The van der Waals surface area contributed by atoms with Crippen molar-refractivity contribution in [1.29, 1.82) is 0 Å². The Morgan fingerprint density at radius 3 is 2.29 bits per heavy atom. The molecule has 9 heteroatoms. The maximum absolute atomic E-state index is 13.3. The largest absolute Gasteiger partial charge is 0.462 e. The molecular formula is C26H36N4O5. The number of hydrogen-bond acceptors (Lipinski definition) is 7. The molecule has 1 atom stereocenters. The van der Waals surface area contributed by atoms with Crippen LogP contribution in [-0.4, -0.2) is 77.9 Å². The fourth-order valence-corrected chi connectivity index (χ4v) is 5.56. The SMILES string of the molecule is CCCCOC(=O)c1ccc(N2C(=O)C[C@@H](N3CCC(C(N)=O)(N4CCCCC4)CC3)C2=O)cc1. The van der Waals surface area contributed by atoms with Crippen LogP contribution in [0.5, 0.6) is 0 Å². The number of rotatable bonds is 8. The predicted molar refractivity (Wildman–Crippen MR) is 131 cm³/mol. The summed E-state index contributed by atoms with van der Waals surface area (Å²) in [5.74, 6) is -1.23. The van der Waals surface area contributed by atoms with E-state index in [0.717, 1.165) is 38.8 Å². The molecule has 0 bridgehead atoms. The molecule has 1 aromatic carbocycles. The van der Waals surface area contributed by atoms with Crippen molar-refractivity contribution < 1.29 is 23.9 Å². The molecule has 3 aliphatic heterocycles. The number of likely N-dealkylation sites (tertiary alicyclic amines) is 2. The van der Waals surface area contributed by atoms with Crippen molar-refractivity contribution in [1.82, 2.24) is 9.80 Å². The lowest BCUT2D eigenvalue weighted by atomic mass is 9.83. The summed E-state index contributed by atoms with van der Waals surface area (Å²) in [5.41, 5.74) is 6.06. The first-order valence-corrected chi connectivity index (χ1v) is 12.8. The number of hydrogen-bond donors (Lipinski definition) is 1. The highest BCUT2D eigenvalue weighted by Crippen LogP contribution is 2.34. The molecule has 0 aromatic heterocycles. The van der Waals surface area contributed by atoms with Crippen molar-refractivity contribution in [3.05, 3.63) is 29.8 Å². The number of imide groups is 1. The van der Waals surface area contributed by atoms with Gasteiger partial charge in [-0.15, -0.1) is 0 Å². The van der Waals surface area contributed by atoms with Gasteiger partial charge >= 0.3 is 5.97 Å². The topological polar surface area (TPSA) is 113 Å². The molecule has 3 aliphatic rings. The van der Waals surface area contributed by atoms with Crippen molar-refractivity contribution in [3.63, 3.8) is 0 Å². The number of esters is 1. The third-order valence-electron chi connectivity index (χ3n) is 7.70. The lowest BCUT2D eigenvalue weighted by Crippen LogP contribution is -2.64. The van der Waals surface area contributed by atoms with Gasteiger partial charge in [-0.25, -0.2) is 9.69 Å². The zero-order chi connectivity index (χ0) is 25.0. The number of carbonyl (C=O) groups excluding carboxylic acids is 4. The first kappa shape index (κ1) is 25.3. The van der Waals surface area contributed by atoms with E-state index >= 15 is 0 Å². The minimum atomic E-state index is -0.663. The quantitative estimate of drug-likeness (QED) is 0.341. The van der Waals surface area contributed by atoms with Gasteiger partial charge < -0.3 is 10.5 Å². The molecule has 3 heterocycles. The number of primary amides is 1. The van der Waals surface area contributed by atoms with Gasteiger partial charge in [0.05, 0.1) is 30.3 Å². The van der Waals surface area contributed by atoms with Crippen LogP contribution in [0.1, 0.15) is 68.6 Å². The van der Waals surface area contributed by atoms with Crippen LogP contribution >= 0.6 is 0 Å². The molecule has 4 rings (SSSR count). The Bertz CT molecular complexity index is 949. The van der Waals surface area contributed by atoms with Crippen molar-refractivity contribution in [3.8, 4) is 0 Å². The van der Waals surface area contributed by atoms with Gasteiger partial charge in [0, 0.05) is 13.1 Å². The third kappa shape index (κ3) is 5.11. The Labute approximate surface area is 206 Å². The van der Waals surface area contributed by atoms with Crippen LogP contribution < -0.4 is 10.6 Å². The van der Waals surface area contributed by atoms with Crippen LogP contribution in [0.2, 0.25) is 0 Å². The maximum atomic E-state index is 13.3. The maximum Gasteiger partial charge on any atom is 0.338 e. The normalized spacial score (nSPS) is 23.5. The van der Waals surface area contributed by atoms with Gasteiger partial charge in [-0.2, -0.15) is 0 Å². The van der Waals surface area contributed by atoms with Crippen molar-refractivity contribution in [2.45, 2.75) is 69.9 Å². The van der Waals surface area contributed by atoms with Gasteiger partial charge in [-0.05, 0) is 69.5 Å². The van der Waals surface area contributed by atoms with E-state index in [1.165, 1.54) is 11.3 Å². The van der Waals surface area contributed by atoms with Gasteiger partial charge in [-0.1, -0.05) is 19.8 Å². The number of ether oxygens (including phenoxy) is 1. The molecule has 2 N–H and O–H groups in total. The summed E-state index contributed by atoms with van der Waals surface area (Å²) < 4.78 is 5.22. The Kier molecular flexibility index (Phi) is 7.86. The highest BCUT2D eigenvalue weighted by atomic mass is 16.5. The zero-order valence-corrected chi connectivity index (χ0v) is 20.5. The number of nitrogens with two attached hydrogens (primary N) is 1. The summed E-state index contributed by atoms with van der Waals surface area (Å²) in [6, 6.07) is 5.84. The second-order valence-electron chi connectivity index (χ2n) is 9.80. The minimum absolute atomic E-state index is 0.104. The van der Waals surface area contributed by atoms with E-state index in [0.29, 0.717) is 43.8 Å². The first-order chi connectivity index (χ1) is 16.9. The Balaban J connectivity index is 1.40. The van der Waals surface area contributed by atoms with Crippen LogP contribution in [0.3, 0.4) is 0 Å². The van der Waals surface area contributed by atoms with E-state index in [4.69, 9.17) is 10.5 Å². The molecule has 0 unspecified atom stereocenters. The average molecular weight is 485 g/mol. The fraction of sp³-hybridized carbons (Fsp3) is 0.615. The monoisotopic (exact) mass is 484 g/mol. The van der Waals surface area contributed by atoms with E-state index in [1.54, 1.807) is 24.3 Å². The predicted octanol–water partition coefficient (Wildman–Crippen LogP) is 2.08. The second kappa shape index (κ2) is 10.9. The van der Waals surface area contributed by atoms with Gasteiger partial charge in [-0.3, -0.25) is 24.2 Å². The highest BCUT2D eigenvalue weighted by molar-refractivity contribution is 6.22. The van der Waals surface area contributed by atoms with E-state index in [2.05, 4.69) is 4.90 Å². The lowest BCUT2D eigenvalue weighted by molar-refractivity contribution is -0.136. The minimum Gasteiger partial charge on any atom is -0.462 e. The smallest absolute Gasteiger partial charge is 0.338 e. The molecule has 190 valence electrons. The summed E-state index contributed by atoms with van der Waals surface area (Å²) in [7, 11) is 0. The van der Waals surface area contributed by atoms with Gasteiger partial charge in [0.2, 0.25) is 11.8 Å². The van der Waals surface area contributed by atoms with Crippen molar-refractivity contribution >= 4 is 29.4 Å². The summed E-state index contributed by atoms with van der Waals surface area (Å²) in [6.45, 7) is 5.22. The van der Waals surface area contributed by atoms with Crippen LogP contribution in [-0.2, 0) is 19.1 Å². The number of nitrogens with zero attached hydrogens (tertiary/aromatic N) is 3. The van der Waals surface area contributed by atoms with E-state index in [9.17, 15) is 19.2 Å². The molecule has 0 saturated carbocycles. The third-order valence-corrected chi connectivity index (χ3v) is 7.70. The molecule has 35 heavy (non-hydrogen) atoms. The van der Waals surface area contributed by atoms with Crippen molar-refractivity contribution in [2.24, 2.45) is 5.73 Å². The van der Waals surface area contributed by atoms with Crippen LogP contribution in [0.25, 0.3) is 0 Å². The van der Waals surface area contributed by atoms with E-state index in [-0.39, 0.29) is 24.1 Å². The summed E-state index contributed by atoms with van der Waals surface area (Å²) in [4.78, 5) is 56.2. The number of anilines is 1. The second-order valence-corrected chi connectivity index (χ2v) is 9.80. The zero-order valence-electron chi connectivity index (χ0n) is 20.5. The van der Waals surface area contributed by atoms with Gasteiger partial charge in [0.1, 0.15) is 5.54 Å². The lowest BCUT2D eigenvalue weighted by Gasteiger charge is -2.48. The number of piperidine rings is 2. The highest BCUT2D eigenvalue weighted by Gasteiger charge is 2.49. The van der Waals surface area contributed by atoms with Crippen LogP contribution in [0, 0.1) is 0 Å². The van der Waals surface area contributed by atoms with E-state index in [1.807, 2.05) is 11.8 Å². The Hall–Kier alpha value is -2.78. The molecule has 0 spiro atoms. The summed E-state index contributed by atoms with van der Waals surface area (Å²) >= 11 is 0. The molecule has 3 saturated heterocycles. The number of unbranched alkanes of at least 4 members (excludes halogenated alkanes) is 1. The Morgan fingerprint density at radius 1 is 1.03 bits per heavy atom. The van der Waals surface area contributed by atoms with Crippen molar-refractivity contribution in [2.75, 3.05) is 37.7 Å². The van der Waals surface area contributed by atoms with Crippen LogP contribution in [0.15, 0.2) is 24.3 Å². The molecule has 1 aromatic rings. The summed E-state index contributed by atoms with van der Waals surface area (Å²) in [5, 5.41) is 0. The number of amides is 3. The van der Waals surface area contributed by atoms with Crippen LogP contribution in [0.4, 0.5) is 5.69 Å². The van der Waals surface area contributed by atoms with Gasteiger partial charge in [0.25, 0.3) is 5.91 Å². The number of carbonyl (C=O) groups is 4. The first-order valence-electron chi connectivity index (χ1n) is 12.8. The standard InChI is InChI=1S/C26H36N4O5/c1-2-3-17-35-24(33)19-7-9-20(10-8-19)30-22(31)18-21(23(30)32)28-15-11-26(12-16-28,25(27)34)29-13-5-4-6-14-29/h7-10,21H,2-6,11-18H2,1H3,(H2,27,34)/t21-/m1/s1. The molecular weight excluding hydrogens is 448 g/mol. The molecule has 0 aliphatic carbocycles. The fourth-order valence-electron chi connectivity index (χ4n) is 5.56. The Morgan fingerprint density at radius 2 is 1.69 bits per heavy atom.